The van der Waals surface area contributed by atoms with Gasteiger partial charge in [0.15, 0.2) is 0 Å². The summed E-state index contributed by atoms with van der Waals surface area (Å²) >= 11 is 0. The smallest absolute Gasteiger partial charge is 0.00260 e. The molecule has 0 fully saturated rings. The third-order valence-corrected chi connectivity index (χ3v) is 2.41. The molecule has 0 radical (unpaired) electrons. The van der Waals surface area contributed by atoms with Gasteiger partial charge in [-0.1, -0.05) is 34.1 Å². The zero-order chi connectivity index (χ0) is 8.91. The monoisotopic (exact) mass is 157 g/mol. The van der Waals surface area contributed by atoms with E-state index in [9.17, 15) is 0 Å². The molecule has 0 bridgehead atoms. The molecular weight excluding hydrogens is 134 g/mol. The van der Waals surface area contributed by atoms with E-state index in [1.54, 1.807) is 0 Å². The van der Waals surface area contributed by atoms with E-state index >= 15 is 0 Å². The fraction of sp³-hybridized carbons (Fsp3) is 1.00. The van der Waals surface area contributed by atoms with Crippen molar-refractivity contribution in [2.45, 2.75) is 40.5 Å². The van der Waals surface area contributed by atoms with E-state index in [2.05, 4.69) is 33.0 Å². The molecule has 0 aromatic heterocycles. The van der Waals surface area contributed by atoms with Crippen LogP contribution in [0.5, 0.6) is 0 Å². The Morgan fingerprint density at radius 2 is 1.91 bits per heavy atom. The Balaban J connectivity index is 3.64. The highest BCUT2D eigenvalue weighted by Crippen LogP contribution is 2.28. The summed E-state index contributed by atoms with van der Waals surface area (Å²) in [5.41, 5.74) is 0.524. The summed E-state index contributed by atoms with van der Waals surface area (Å²) in [7, 11) is 2.02. The van der Waals surface area contributed by atoms with Gasteiger partial charge >= 0.3 is 0 Å². The Bertz CT molecular complexity index is 97.0. The van der Waals surface area contributed by atoms with E-state index in [0.717, 1.165) is 12.5 Å². The van der Waals surface area contributed by atoms with E-state index in [1.165, 1.54) is 12.8 Å². The van der Waals surface area contributed by atoms with Gasteiger partial charge in [0.1, 0.15) is 0 Å². The summed E-state index contributed by atoms with van der Waals surface area (Å²) in [5.74, 6) is 0.801. The molecule has 0 aliphatic heterocycles. The van der Waals surface area contributed by atoms with Crippen LogP contribution in [0, 0.1) is 11.3 Å². The quantitative estimate of drug-likeness (QED) is 0.647. The van der Waals surface area contributed by atoms with Crippen LogP contribution in [-0.4, -0.2) is 13.6 Å². The molecule has 1 atom stereocenters. The molecule has 0 heterocycles. The second-order valence-corrected chi connectivity index (χ2v) is 4.38. The van der Waals surface area contributed by atoms with Crippen LogP contribution in [0.3, 0.4) is 0 Å². The van der Waals surface area contributed by atoms with Crippen LogP contribution >= 0.6 is 0 Å². The van der Waals surface area contributed by atoms with Gasteiger partial charge in [-0.25, -0.2) is 0 Å². The predicted molar refractivity (Wildman–Crippen MR) is 51.8 cm³/mol. The Morgan fingerprint density at radius 1 is 1.36 bits per heavy atom. The summed E-state index contributed by atoms with van der Waals surface area (Å²) in [6, 6.07) is 0. The van der Waals surface area contributed by atoms with Crippen LogP contribution in [0.15, 0.2) is 0 Å². The minimum absolute atomic E-state index is 0.524. The molecule has 1 unspecified atom stereocenters. The van der Waals surface area contributed by atoms with Gasteiger partial charge in [0.05, 0.1) is 0 Å². The van der Waals surface area contributed by atoms with E-state index < -0.39 is 0 Å². The lowest BCUT2D eigenvalue weighted by Gasteiger charge is -2.26. The van der Waals surface area contributed by atoms with Crippen molar-refractivity contribution in [1.82, 2.24) is 5.32 Å². The van der Waals surface area contributed by atoms with Crippen LogP contribution in [0.25, 0.3) is 0 Å². The van der Waals surface area contributed by atoms with Crippen LogP contribution < -0.4 is 5.32 Å². The van der Waals surface area contributed by atoms with Crippen molar-refractivity contribution in [3.63, 3.8) is 0 Å². The first kappa shape index (κ1) is 11.0. The molecule has 0 aliphatic carbocycles. The van der Waals surface area contributed by atoms with Gasteiger partial charge in [-0.05, 0) is 31.3 Å². The molecule has 11 heavy (non-hydrogen) atoms. The standard InChI is InChI=1S/C10H23N/c1-6-10(3,4)7-9(2)8-11-5/h9,11H,6-8H2,1-5H3. The summed E-state index contributed by atoms with van der Waals surface area (Å²) in [4.78, 5) is 0. The molecule has 0 saturated heterocycles. The lowest BCUT2D eigenvalue weighted by Crippen LogP contribution is -2.22. The van der Waals surface area contributed by atoms with Crippen LogP contribution in [0.2, 0.25) is 0 Å². The summed E-state index contributed by atoms with van der Waals surface area (Å²) in [6.07, 6.45) is 2.60. The van der Waals surface area contributed by atoms with Crippen molar-refractivity contribution >= 4 is 0 Å². The first-order chi connectivity index (χ1) is 5.02. The molecule has 1 N–H and O–H groups in total. The van der Waals surface area contributed by atoms with Gasteiger partial charge in [0, 0.05) is 0 Å². The lowest BCUT2D eigenvalue weighted by molar-refractivity contribution is 0.264. The van der Waals surface area contributed by atoms with Crippen molar-refractivity contribution in [2.24, 2.45) is 11.3 Å². The van der Waals surface area contributed by atoms with Crippen molar-refractivity contribution in [2.75, 3.05) is 13.6 Å². The Morgan fingerprint density at radius 3 is 2.27 bits per heavy atom. The van der Waals surface area contributed by atoms with Gasteiger partial charge in [0.2, 0.25) is 0 Å². The predicted octanol–water partition coefficient (Wildman–Crippen LogP) is 2.67. The highest BCUT2D eigenvalue weighted by Gasteiger charge is 2.17. The Labute approximate surface area is 71.6 Å². The molecule has 1 nitrogen and oxygen atoms in total. The maximum absolute atomic E-state index is 3.21. The van der Waals surface area contributed by atoms with Gasteiger partial charge in [-0.15, -0.1) is 0 Å². The lowest BCUT2D eigenvalue weighted by atomic mass is 9.81. The largest absolute Gasteiger partial charge is 0.319 e. The first-order valence-corrected chi connectivity index (χ1v) is 4.66. The van der Waals surface area contributed by atoms with Gasteiger partial charge < -0.3 is 5.32 Å². The van der Waals surface area contributed by atoms with Crippen molar-refractivity contribution in [3.05, 3.63) is 0 Å². The van der Waals surface area contributed by atoms with Gasteiger partial charge in [0.25, 0.3) is 0 Å². The number of hydrogen-bond donors (Lipinski definition) is 1. The normalized spacial score (nSPS) is 15.0. The topological polar surface area (TPSA) is 12.0 Å². The fourth-order valence-electron chi connectivity index (χ4n) is 1.51. The van der Waals surface area contributed by atoms with E-state index in [-0.39, 0.29) is 0 Å². The van der Waals surface area contributed by atoms with Crippen LogP contribution in [0.4, 0.5) is 0 Å². The molecule has 0 amide bonds. The average Bonchev–Trinajstić information content (AvgIpc) is 1.87. The van der Waals surface area contributed by atoms with Crippen molar-refractivity contribution in [1.29, 1.82) is 0 Å². The second kappa shape index (κ2) is 4.76. The highest BCUT2D eigenvalue weighted by molar-refractivity contribution is 4.70. The molecule has 0 spiro atoms. The van der Waals surface area contributed by atoms with Gasteiger partial charge in [-0.3, -0.25) is 0 Å². The Kier molecular flexibility index (Phi) is 4.74. The minimum atomic E-state index is 0.524. The highest BCUT2D eigenvalue weighted by atomic mass is 14.8. The third-order valence-electron chi connectivity index (χ3n) is 2.41. The molecule has 68 valence electrons. The summed E-state index contributed by atoms with van der Waals surface area (Å²) in [6.45, 7) is 10.4. The van der Waals surface area contributed by atoms with Gasteiger partial charge in [-0.2, -0.15) is 0 Å². The molecule has 0 rings (SSSR count). The third kappa shape index (κ3) is 5.25. The SMILES string of the molecule is CCC(C)(C)CC(C)CNC. The van der Waals surface area contributed by atoms with Crippen LogP contribution in [0.1, 0.15) is 40.5 Å². The maximum Gasteiger partial charge on any atom is -0.00260 e. The number of nitrogens with one attached hydrogen (secondary N) is 1. The minimum Gasteiger partial charge on any atom is -0.319 e. The fourth-order valence-corrected chi connectivity index (χ4v) is 1.51. The van der Waals surface area contributed by atoms with Crippen molar-refractivity contribution in [3.8, 4) is 0 Å². The zero-order valence-corrected chi connectivity index (χ0v) is 8.70. The number of hydrogen-bond acceptors (Lipinski definition) is 1. The second-order valence-electron chi connectivity index (χ2n) is 4.38. The maximum atomic E-state index is 3.21. The zero-order valence-electron chi connectivity index (χ0n) is 8.70. The molecule has 1 heteroatoms. The van der Waals surface area contributed by atoms with E-state index in [4.69, 9.17) is 0 Å². The van der Waals surface area contributed by atoms with Crippen molar-refractivity contribution < 1.29 is 0 Å². The Hall–Kier alpha value is -0.0400. The molecule has 0 aromatic carbocycles. The number of rotatable bonds is 5. The van der Waals surface area contributed by atoms with Crippen LogP contribution in [-0.2, 0) is 0 Å². The van der Waals surface area contributed by atoms with E-state index in [0.29, 0.717) is 5.41 Å². The van der Waals surface area contributed by atoms with E-state index in [1.807, 2.05) is 7.05 Å². The molecule has 0 aliphatic rings. The summed E-state index contributed by atoms with van der Waals surface area (Å²) < 4.78 is 0. The summed E-state index contributed by atoms with van der Waals surface area (Å²) in [5, 5.41) is 3.21. The average molecular weight is 157 g/mol. The molecular formula is C10H23N. The molecule has 0 aromatic rings. The molecule has 0 saturated carbocycles. The first-order valence-electron chi connectivity index (χ1n) is 4.66.